The maximum atomic E-state index is 12.0. The quantitative estimate of drug-likeness (QED) is 0.565. The summed E-state index contributed by atoms with van der Waals surface area (Å²) in [6.45, 7) is 2.07. The zero-order chi connectivity index (χ0) is 13.7. The Labute approximate surface area is 113 Å². The van der Waals surface area contributed by atoms with Gasteiger partial charge in [0, 0.05) is 6.04 Å². The van der Waals surface area contributed by atoms with Crippen molar-refractivity contribution in [3.63, 3.8) is 0 Å². The van der Waals surface area contributed by atoms with Gasteiger partial charge in [-0.25, -0.2) is 5.84 Å². The van der Waals surface area contributed by atoms with Gasteiger partial charge in [-0.15, -0.1) is 10.2 Å². The minimum absolute atomic E-state index is 0.172. The van der Waals surface area contributed by atoms with Crippen LogP contribution in [0.15, 0.2) is 12.1 Å². The summed E-state index contributed by atoms with van der Waals surface area (Å²) in [6.07, 6.45) is 6.24. The molecule has 0 aliphatic heterocycles. The number of nitrogen functional groups attached to an aromatic ring is 1. The van der Waals surface area contributed by atoms with Gasteiger partial charge >= 0.3 is 0 Å². The van der Waals surface area contributed by atoms with Gasteiger partial charge in [0.2, 0.25) is 0 Å². The van der Waals surface area contributed by atoms with Crippen LogP contribution in [0, 0.1) is 5.92 Å². The van der Waals surface area contributed by atoms with Gasteiger partial charge in [0.1, 0.15) is 0 Å². The van der Waals surface area contributed by atoms with E-state index in [2.05, 4.69) is 27.9 Å². The first-order valence-corrected chi connectivity index (χ1v) is 6.82. The van der Waals surface area contributed by atoms with Crippen LogP contribution in [0.3, 0.4) is 0 Å². The Morgan fingerprint density at radius 1 is 1.32 bits per heavy atom. The summed E-state index contributed by atoms with van der Waals surface area (Å²) in [7, 11) is 0. The Hall–Kier alpha value is -1.69. The molecule has 0 spiro atoms. The lowest BCUT2D eigenvalue weighted by atomic mass is 9.84. The highest BCUT2D eigenvalue weighted by molar-refractivity contribution is 5.92. The second-order valence-electron chi connectivity index (χ2n) is 5.11. The number of nitrogens with two attached hydrogens (primary N) is 1. The van der Waals surface area contributed by atoms with Crippen molar-refractivity contribution in [1.29, 1.82) is 0 Å². The number of hydrogen-bond donors (Lipinski definition) is 3. The molecule has 1 atom stereocenters. The predicted molar refractivity (Wildman–Crippen MR) is 73.3 cm³/mol. The molecule has 6 heteroatoms. The van der Waals surface area contributed by atoms with Gasteiger partial charge in [-0.1, -0.05) is 19.3 Å². The summed E-state index contributed by atoms with van der Waals surface area (Å²) < 4.78 is 0. The number of rotatable bonds is 4. The highest BCUT2D eigenvalue weighted by Gasteiger charge is 2.22. The molecule has 19 heavy (non-hydrogen) atoms. The van der Waals surface area contributed by atoms with Crippen LogP contribution in [0.25, 0.3) is 0 Å². The first-order valence-electron chi connectivity index (χ1n) is 6.82. The third kappa shape index (κ3) is 3.64. The van der Waals surface area contributed by atoms with Crippen molar-refractivity contribution in [3.8, 4) is 0 Å². The monoisotopic (exact) mass is 263 g/mol. The van der Waals surface area contributed by atoms with Crippen LogP contribution in [0.4, 0.5) is 5.82 Å². The molecule has 104 valence electrons. The molecule has 6 nitrogen and oxygen atoms in total. The number of hydrazine groups is 1. The van der Waals surface area contributed by atoms with Crippen molar-refractivity contribution >= 4 is 11.7 Å². The summed E-state index contributed by atoms with van der Waals surface area (Å²) in [6, 6.07) is 3.43. The summed E-state index contributed by atoms with van der Waals surface area (Å²) in [4.78, 5) is 12.0. The molecule has 4 N–H and O–H groups in total. The maximum absolute atomic E-state index is 12.0. The van der Waals surface area contributed by atoms with Crippen molar-refractivity contribution in [1.82, 2.24) is 15.5 Å². The van der Waals surface area contributed by atoms with Crippen molar-refractivity contribution < 1.29 is 4.79 Å². The van der Waals surface area contributed by atoms with Crippen molar-refractivity contribution in [3.05, 3.63) is 17.8 Å². The summed E-state index contributed by atoms with van der Waals surface area (Å²) in [5.74, 6) is 6.05. The van der Waals surface area contributed by atoms with E-state index in [1.807, 2.05) is 0 Å². The lowest BCUT2D eigenvalue weighted by molar-refractivity contribution is 0.0913. The fraction of sp³-hybridized carbons (Fsp3) is 0.615. The van der Waals surface area contributed by atoms with E-state index in [1.54, 1.807) is 12.1 Å². The molecular weight excluding hydrogens is 242 g/mol. The molecule has 1 amide bonds. The average molecular weight is 263 g/mol. The first-order chi connectivity index (χ1) is 9.20. The van der Waals surface area contributed by atoms with Gasteiger partial charge in [-0.3, -0.25) is 4.79 Å². The molecule has 1 heterocycles. The highest BCUT2D eigenvalue weighted by Crippen LogP contribution is 2.26. The number of amides is 1. The number of anilines is 1. The average Bonchev–Trinajstić information content (AvgIpc) is 2.48. The molecule has 0 radical (unpaired) electrons. The summed E-state index contributed by atoms with van der Waals surface area (Å²) in [5, 5.41) is 10.6. The summed E-state index contributed by atoms with van der Waals surface area (Å²) in [5.41, 5.74) is 2.70. The molecule has 1 aromatic heterocycles. The van der Waals surface area contributed by atoms with E-state index in [9.17, 15) is 4.79 Å². The van der Waals surface area contributed by atoms with Gasteiger partial charge in [0.05, 0.1) is 0 Å². The fourth-order valence-electron chi connectivity index (χ4n) is 2.56. The van der Waals surface area contributed by atoms with Gasteiger partial charge in [-0.05, 0) is 37.8 Å². The largest absolute Gasteiger partial charge is 0.348 e. The Morgan fingerprint density at radius 2 is 2.05 bits per heavy atom. The third-order valence-corrected chi connectivity index (χ3v) is 3.76. The second kappa shape index (κ2) is 6.47. The van der Waals surface area contributed by atoms with Crippen molar-refractivity contribution in [2.45, 2.75) is 45.1 Å². The van der Waals surface area contributed by atoms with E-state index in [0.29, 0.717) is 17.4 Å². The van der Waals surface area contributed by atoms with Gasteiger partial charge in [0.25, 0.3) is 5.91 Å². The molecule has 0 saturated heterocycles. The molecular formula is C13H21N5O. The Morgan fingerprint density at radius 3 is 2.63 bits per heavy atom. The standard InChI is InChI=1S/C13H21N5O/c1-9(10-5-3-2-4-6-10)15-13(19)11-7-8-12(16-14)18-17-11/h7-10H,2-6,14H2,1H3,(H,15,19)(H,16,18). The number of carbonyl (C=O) groups excluding carboxylic acids is 1. The molecule has 1 aliphatic rings. The molecule has 0 aromatic carbocycles. The van der Waals surface area contributed by atoms with Crippen LogP contribution in [0.5, 0.6) is 0 Å². The zero-order valence-electron chi connectivity index (χ0n) is 11.2. The van der Waals surface area contributed by atoms with E-state index >= 15 is 0 Å². The number of nitrogens with zero attached hydrogens (tertiary/aromatic N) is 2. The Kier molecular flexibility index (Phi) is 4.68. The maximum Gasteiger partial charge on any atom is 0.272 e. The minimum atomic E-state index is -0.172. The van der Waals surface area contributed by atoms with Gasteiger partial charge in [0.15, 0.2) is 11.5 Å². The van der Waals surface area contributed by atoms with Gasteiger partial charge < -0.3 is 10.7 Å². The van der Waals surface area contributed by atoms with Gasteiger partial charge in [-0.2, -0.15) is 0 Å². The van der Waals surface area contributed by atoms with E-state index in [1.165, 1.54) is 32.1 Å². The SMILES string of the molecule is CC(NC(=O)c1ccc(NN)nn1)C1CCCCC1. The molecule has 1 fully saturated rings. The lowest BCUT2D eigenvalue weighted by Crippen LogP contribution is -2.39. The van der Waals surface area contributed by atoms with E-state index in [0.717, 1.165) is 0 Å². The molecule has 1 aromatic rings. The second-order valence-corrected chi connectivity index (χ2v) is 5.11. The van der Waals surface area contributed by atoms with Crippen molar-refractivity contribution in [2.75, 3.05) is 5.43 Å². The fourth-order valence-corrected chi connectivity index (χ4v) is 2.56. The van der Waals surface area contributed by atoms with Crippen molar-refractivity contribution in [2.24, 2.45) is 11.8 Å². The van der Waals surface area contributed by atoms with Crippen LogP contribution >= 0.6 is 0 Å². The molecule has 2 rings (SSSR count). The molecule has 1 saturated carbocycles. The van der Waals surface area contributed by atoms with Crippen LogP contribution in [0.2, 0.25) is 0 Å². The number of aromatic nitrogens is 2. The van der Waals surface area contributed by atoms with E-state index in [4.69, 9.17) is 5.84 Å². The third-order valence-electron chi connectivity index (χ3n) is 3.76. The summed E-state index contributed by atoms with van der Waals surface area (Å²) >= 11 is 0. The molecule has 0 bridgehead atoms. The van der Waals surface area contributed by atoms with Crippen LogP contribution in [-0.4, -0.2) is 22.1 Å². The van der Waals surface area contributed by atoms with E-state index in [-0.39, 0.29) is 11.9 Å². The molecule has 1 aliphatic carbocycles. The van der Waals surface area contributed by atoms with Crippen LogP contribution in [-0.2, 0) is 0 Å². The molecule has 1 unspecified atom stereocenters. The van der Waals surface area contributed by atoms with Crippen LogP contribution in [0.1, 0.15) is 49.5 Å². The number of hydrogen-bond acceptors (Lipinski definition) is 5. The number of carbonyl (C=O) groups is 1. The van der Waals surface area contributed by atoms with E-state index < -0.39 is 0 Å². The Balaban J connectivity index is 1.91. The predicted octanol–water partition coefficient (Wildman–Crippen LogP) is 1.46. The number of nitrogens with one attached hydrogen (secondary N) is 2. The smallest absolute Gasteiger partial charge is 0.272 e. The van der Waals surface area contributed by atoms with Crippen LogP contribution < -0.4 is 16.6 Å². The topological polar surface area (TPSA) is 92.9 Å². The minimum Gasteiger partial charge on any atom is -0.348 e. The lowest BCUT2D eigenvalue weighted by Gasteiger charge is -2.28. The Bertz CT molecular complexity index is 414. The normalized spacial score (nSPS) is 17.8. The zero-order valence-corrected chi connectivity index (χ0v) is 11.2. The highest BCUT2D eigenvalue weighted by atomic mass is 16.2. The first kappa shape index (κ1) is 13.7.